The summed E-state index contributed by atoms with van der Waals surface area (Å²) in [5.74, 6) is -0.228. The summed E-state index contributed by atoms with van der Waals surface area (Å²) in [6.45, 7) is 3.92. The Morgan fingerprint density at radius 1 is 1.04 bits per heavy atom. The third-order valence-corrected chi connectivity index (χ3v) is 5.69. The second-order valence-electron chi connectivity index (χ2n) is 7.24. The maximum Gasteiger partial charge on any atom is 0.255 e. The van der Waals surface area contributed by atoms with Gasteiger partial charge in [-0.15, -0.1) is 0 Å². The van der Waals surface area contributed by atoms with Crippen LogP contribution in [0.4, 0.5) is 0 Å². The predicted molar refractivity (Wildman–Crippen MR) is 93.3 cm³/mol. The molecule has 1 aromatic heterocycles. The third kappa shape index (κ3) is 3.46. The lowest BCUT2D eigenvalue weighted by atomic mass is 9.93. The highest BCUT2D eigenvalue weighted by Gasteiger charge is 2.42. The van der Waals surface area contributed by atoms with Crippen LogP contribution in [0, 0.1) is 5.92 Å². The Morgan fingerprint density at radius 3 is 2.35 bits per heavy atom. The molecule has 3 fully saturated rings. The minimum absolute atomic E-state index is 0.000515. The molecular formula is C19H25N3O4. The molecule has 7 heteroatoms. The Bertz CT molecular complexity index is 642. The molecule has 4 rings (SSSR count). The van der Waals surface area contributed by atoms with Gasteiger partial charge in [0, 0.05) is 57.3 Å². The summed E-state index contributed by atoms with van der Waals surface area (Å²) in [4.78, 5) is 33.1. The van der Waals surface area contributed by atoms with Gasteiger partial charge in [-0.25, -0.2) is 0 Å². The Labute approximate surface area is 153 Å². The molecule has 1 aromatic rings. The zero-order chi connectivity index (χ0) is 18.0. The maximum atomic E-state index is 12.8. The Morgan fingerprint density at radius 2 is 1.73 bits per heavy atom. The van der Waals surface area contributed by atoms with E-state index in [2.05, 4.69) is 4.98 Å². The largest absolute Gasteiger partial charge is 0.347 e. The lowest BCUT2D eigenvalue weighted by Crippen LogP contribution is -2.50. The molecule has 140 valence electrons. The van der Waals surface area contributed by atoms with E-state index in [9.17, 15) is 9.59 Å². The summed E-state index contributed by atoms with van der Waals surface area (Å²) >= 11 is 0. The van der Waals surface area contributed by atoms with Crippen molar-refractivity contribution in [2.75, 3.05) is 39.4 Å². The summed E-state index contributed by atoms with van der Waals surface area (Å²) in [7, 11) is 0. The van der Waals surface area contributed by atoms with E-state index in [1.165, 1.54) is 0 Å². The van der Waals surface area contributed by atoms with Crippen LogP contribution in [0.1, 0.15) is 36.0 Å². The molecule has 0 radical (unpaired) electrons. The van der Waals surface area contributed by atoms with Crippen LogP contribution >= 0.6 is 0 Å². The zero-order valence-electron chi connectivity index (χ0n) is 14.9. The third-order valence-electron chi connectivity index (χ3n) is 5.69. The minimum atomic E-state index is -0.448. The number of hydrogen-bond donors (Lipinski definition) is 0. The van der Waals surface area contributed by atoms with E-state index in [4.69, 9.17) is 9.47 Å². The number of pyridine rings is 1. The van der Waals surface area contributed by atoms with Crippen LogP contribution in [0.5, 0.6) is 0 Å². The highest BCUT2D eigenvalue weighted by Crippen LogP contribution is 2.32. The smallest absolute Gasteiger partial charge is 0.255 e. The van der Waals surface area contributed by atoms with Gasteiger partial charge in [0.1, 0.15) is 0 Å². The van der Waals surface area contributed by atoms with Gasteiger partial charge in [0.25, 0.3) is 5.91 Å². The van der Waals surface area contributed by atoms with Gasteiger partial charge >= 0.3 is 0 Å². The first kappa shape index (κ1) is 17.4. The average molecular weight is 359 g/mol. The van der Waals surface area contributed by atoms with Gasteiger partial charge < -0.3 is 19.3 Å². The summed E-state index contributed by atoms with van der Waals surface area (Å²) in [5, 5.41) is 0. The summed E-state index contributed by atoms with van der Waals surface area (Å²) < 4.78 is 11.5. The Kier molecular flexibility index (Phi) is 4.91. The molecule has 0 aliphatic carbocycles. The number of carbonyl (C=O) groups excluding carboxylic acids is 2. The summed E-state index contributed by atoms with van der Waals surface area (Å²) in [6.07, 6.45) is 6.19. The lowest BCUT2D eigenvalue weighted by Gasteiger charge is -2.40. The van der Waals surface area contributed by atoms with Crippen molar-refractivity contribution in [2.45, 2.75) is 31.5 Å². The normalized spacial score (nSPS) is 23.4. The topological polar surface area (TPSA) is 72.0 Å². The molecule has 3 aliphatic heterocycles. The van der Waals surface area contributed by atoms with Crippen LogP contribution in [0.2, 0.25) is 0 Å². The number of amides is 2. The fourth-order valence-electron chi connectivity index (χ4n) is 4.11. The fourth-order valence-corrected chi connectivity index (χ4v) is 4.11. The summed E-state index contributed by atoms with van der Waals surface area (Å²) in [6, 6.07) is 3.55. The highest BCUT2D eigenvalue weighted by molar-refractivity contribution is 5.94. The van der Waals surface area contributed by atoms with Crippen molar-refractivity contribution in [1.82, 2.24) is 14.8 Å². The number of ether oxygens (including phenoxy) is 2. The molecule has 4 heterocycles. The lowest BCUT2D eigenvalue weighted by molar-refractivity contribution is -0.188. The molecule has 0 aromatic carbocycles. The van der Waals surface area contributed by atoms with Crippen molar-refractivity contribution >= 4 is 11.8 Å². The van der Waals surface area contributed by atoms with Crippen LogP contribution in [0.15, 0.2) is 24.5 Å². The van der Waals surface area contributed by atoms with Gasteiger partial charge in [-0.2, -0.15) is 0 Å². The number of carbonyl (C=O) groups is 2. The maximum absolute atomic E-state index is 12.8. The van der Waals surface area contributed by atoms with Crippen molar-refractivity contribution < 1.29 is 19.1 Å². The van der Waals surface area contributed by atoms with E-state index in [0.717, 1.165) is 25.7 Å². The van der Waals surface area contributed by atoms with Crippen molar-refractivity contribution in [3.05, 3.63) is 30.1 Å². The quantitative estimate of drug-likeness (QED) is 0.796. The second kappa shape index (κ2) is 7.32. The molecule has 3 aliphatic rings. The molecule has 0 bridgehead atoms. The Hall–Kier alpha value is -1.99. The number of piperidine rings is 2. The number of rotatable bonds is 2. The van der Waals surface area contributed by atoms with Crippen molar-refractivity contribution in [3.63, 3.8) is 0 Å². The van der Waals surface area contributed by atoms with Gasteiger partial charge in [0.2, 0.25) is 5.91 Å². The Balaban J connectivity index is 1.28. The fraction of sp³-hybridized carbons (Fsp3) is 0.632. The van der Waals surface area contributed by atoms with Gasteiger partial charge in [-0.1, -0.05) is 0 Å². The molecule has 1 spiro atoms. The molecule has 0 unspecified atom stereocenters. The average Bonchev–Trinajstić information content (AvgIpc) is 3.16. The van der Waals surface area contributed by atoms with Crippen LogP contribution in [0.25, 0.3) is 0 Å². The molecule has 26 heavy (non-hydrogen) atoms. The van der Waals surface area contributed by atoms with Crippen LogP contribution < -0.4 is 0 Å². The van der Waals surface area contributed by atoms with E-state index in [-0.39, 0.29) is 17.7 Å². The van der Waals surface area contributed by atoms with Gasteiger partial charge in [-0.05, 0) is 25.0 Å². The molecule has 0 N–H and O–H groups in total. The first-order valence-corrected chi connectivity index (χ1v) is 9.43. The van der Waals surface area contributed by atoms with E-state index in [1.54, 1.807) is 24.5 Å². The number of hydrogen-bond acceptors (Lipinski definition) is 5. The van der Waals surface area contributed by atoms with Crippen molar-refractivity contribution in [3.8, 4) is 0 Å². The van der Waals surface area contributed by atoms with Gasteiger partial charge in [0.15, 0.2) is 5.79 Å². The van der Waals surface area contributed by atoms with E-state index >= 15 is 0 Å². The van der Waals surface area contributed by atoms with Gasteiger partial charge in [-0.3, -0.25) is 14.6 Å². The number of aromatic nitrogens is 1. The van der Waals surface area contributed by atoms with E-state index in [0.29, 0.717) is 45.0 Å². The minimum Gasteiger partial charge on any atom is -0.347 e. The van der Waals surface area contributed by atoms with Crippen LogP contribution in [0.3, 0.4) is 0 Å². The second-order valence-corrected chi connectivity index (χ2v) is 7.24. The monoisotopic (exact) mass is 359 g/mol. The predicted octanol–water partition coefficient (Wildman–Crippen LogP) is 1.30. The van der Waals surface area contributed by atoms with Crippen molar-refractivity contribution in [2.24, 2.45) is 5.92 Å². The zero-order valence-corrected chi connectivity index (χ0v) is 14.9. The molecular weight excluding hydrogens is 334 g/mol. The molecule has 7 nitrogen and oxygen atoms in total. The van der Waals surface area contributed by atoms with Crippen LogP contribution in [-0.4, -0.2) is 71.8 Å². The van der Waals surface area contributed by atoms with Crippen LogP contribution in [-0.2, 0) is 14.3 Å². The number of likely N-dealkylation sites (tertiary alicyclic amines) is 2. The van der Waals surface area contributed by atoms with Crippen molar-refractivity contribution in [1.29, 1.82) is 0 Å². The highest BCUT2D eigenvalue weighted by atomic mass is 16.7. The first-order chi connectivity index (χ1) is 12.7. The number of nitrogens with zero attached hydrogens (tertiary/aromatic N) is 3. The molecule has 3 saturated heterocycles. The SMILES string of the molecule is O=C(c1cccnc1)N1CCC(C(=O)N2CCC3(CC2)OCCO3)CC1. The molecule has 0 atom stereocenters. The first-order valence-electron chi connectivity index (χ1n) is 9.43. The van der Waals surface area contributed by atoms with Gasteiger partial charge in [0.05, 0.1) is 18.8 Å². The van der Waals surface area contributed by atoms with E-state index in [1.807, 2.05) is 9.80 Å². The molecule has 0 saturated carbocycles. The molecule has 2 amide bonds. The standard InChI is InChI=1S/C19H25N3O4/c23-17(22-10-5-19(6-11-22)25-12-13-26-19)15-3-8-21(9-4-15)18(24)16-2-1-7-20-14-16/h1-2,7,14-15H,3-6,8-13H2. The van der Waals surface area contributed by atoms with E-state index < -0.39 is 5.79 Å². The summed E-state index contributed by atoms with van der Waals surface area (Å²) in [5.41, 5.74) is 0.607.